The Morgan fingerprint density at radius 2 is 1.88 bits per heavy atom. The van der Waals surface area contributed by atoms with Crippen LogP contribution >= 0.6 is 11.8 Å². The Labute approximate surface area is 196 Å². The molecule has 0 fully saturated rings. The van der Waals surface area contributed by atoms with Gasteiger partial charge in [-0.3, -0.25) is 4.79 Å². The van der Waals surface area contributed by atoms with Gasteiger partial charge in [0.25, 0.3) is 5.95 Å². The number of anilines is 2. The largest absolute Gasteiger partial charge is 0.573 e. The van der Waals surface area contributed by atoms with Gasteiger partial charge in [-0.25, -0.2) is 10.1 Å². The molecule has 0 saturated carbocycles. The highest BCUT2D eigenvalue weighted by molar-refractivity contribution is 7.99. The third kappa shape index (κ3) is 7.85. The zero-order valence-electron chi connectivity index (χ0n) is 17.8. The Balaban J connectivity index is 1.49. The molecule has 0 atom stereocenters. The number of hydrazone groups is 1. The van der Waals surface area contributed by atoms with Gasteiger partial charge in [0.1, 0.15) is 5.75 Å². The maximum absolute atomic E-state index is 12.2. The second-order valence-electron chi connectivity index (χ2n) is 6.69. The van der Waals surface area contributed by atoms with Crippen molar-refractivity contribution < 1.29 is 22.7 Å². The molecule has 2 aromatic carbocycles. The van der Waals surface area contributed by atoms with Gasteiger partial charge in [0.05, 0.1) is 11.5 Å². The first-order valence-corrected chi connectivity index (χ1v) is 10.7. The third-order valence-electron chi connectivity index (χ3n) is 4.02. The molecule has 34 heavy (non-hydrogen) atoms. The van der Waals surface area contributed by atoms with Crippen LogP contribution in [-0.4, -0.2) is 38.6 Å². The van der Waals surface area contributed by atoms with Gasteiger partial charge in [-0.2, -0.15) is 5.10 Å². The predicted octanol–water partition coefficient (Wildman–Crippen LogP) is 4.12. The average Bonchev–Trinajstić information content (AvgIpc) is 3.15. The summed E-state index contributed by atoms with van der Waals surface area (Å²) in [5.41, 5.74) is 4.73. The van der Waals surface area contributed by atoms with Crippen molar-refractivity contribution in [3.8, 4) is 5.75 Å². The minimum atomic E-state index is -4.78. The Morgan fingerprint density at radius 3 is 2.56 bits per heavy atom. The van der Waals surface area contributed by atoms with Crippen molar-refractivity contribution in [2.45, 2.75) is 18.4 Å². The van der Waals surface area contributed by atoms with E-state index in [1.165, 1.54) is 12.1 Å². The molecule has 1 heterocycles. The number of hydrogen-bond donors (Lipinski definition) is 3. The SMILES string of the molecule is CC(/C=C/c1ccccc1)=N\Nc1nnc(SCC(=O)Nc2ccc(OC(F)(F)F)cc2)n1N. The molecular weight excluding hydrogens is 471 g/mol. The molecule has 1 amide bonds. The van der Waals surface area contributed by atoms with E-state index < -0.39 is 12.3 Å². The van der Waals surface area contributed by atoms with Crippen molar-refractivity contribution in [2.75, 3.05) is 22.3 Å². The molecule has 13 heteroatoms. The summed E-state index contributed by atoms with van der Waals surface area (Å²) < 4.78 is 41.5. The number of allylic oxidation sites excluding steroid dienone is 1. The summed E-state index contributed by atoms with van der Waals surface area (Å²) in [5, 5.41) is 14.8. The first-order valence-electron chi connectivity index (χ1n) is 9.72. The molecule has 1 aromatic heterocycles. The second kappa shape index (κ2) is 11.2. The molecule has 9 nitrogen and oxygen atoms in total. The minimum Gasteiger partial charge on any atom is -0.406 e. The summed E-state index contributed by atoms with van der Waals surface area (Å²) >= 11 is 1.02. The number of amides is 1. The van der Waals surface area contributed by atoms with Crippen LogP contribution < -0.4 is 21.3 Å². The molecule has 4 N–H and O–H groups in total. The van der Waals surface area contributed by atoms with E-state index in [0.717, 1.165) is 34.1 Å². The maximum atomic E-state index is 12.2. The molecular formula is C21H20F3N7O2S. The normalized spacial score (nSPS) is 12.1. The lowest BCUT2D eigenvalue weighted by Gasteiger charge is -2.10. The number of benzene rings is 2. The molecule has 0 aliphatic heterocycles. The van der Waals surface area contributed by atoms with Gasteiger partial charge in [0.2, 0.25) is 11.1 Å². The molecule has 3 rings (SSSR count). The lowest BCUT2D eigenvalue weighted by atomic mass is 10.2. The lowest BCUT2D eigenvalue weighted by Crippen LogP contribution is -2.18. The number of nitrogens with one attached hydrogen (secondary N) is 2. The number of carbonyl (C=O) groups is 1. The standard InChI is InChI=1S/C21H20F3N7O2S/c1-14(7-8-15-5-3-2-4-6-15)27-28-19-29-30-20(31(19)25)34-13-18(32)26-16-9-11-17(12-10-16)33-21(22,23)24/h2-12H,13,25H2,1H3,(H,26,32)(H,28,29)/b8-7+,27-14+. The molecule has 0 bridgehead atoms. The number of ether oxygens (including phenoxy) is 1. The summed E-state index contributed by atoms with van der Waals surface area (Å²) in [6.07, 6.45) is -1.05. The highest BCUT2D eigenvalue weighted by Crippen LogP contribution is 2.24. The van der Waals surface area contributed by atoms with Gasteiger partial charge in [0.15, 0.2) is 0 Å². The Kier molecular flexibility index (Phi) is 8.14. The zero-order valence-corrected chi connectivity index (χ0v) is 18.6. The summed E-state index contributed by atoms with van der Waals surface area (Å²) in [7, 11) is 0. The van der Waals surface area contributed by atoms with Crippen molar-refractivity contribution in [1.82, 2.24) is 14.9 Å². The lowest BCUT2D eigenvalue weighted by molar-refractivity contribution is -0.274. The zero-order chi connectivity index (χ0) is 24.6. The van der Waals surface area contributed by atoms with Gasteiger partial charge in [-0.05, 0) is 42.8 Å². The molecule has 178 valence electrons. The number of aromatic nitrogens is 3. The Morgan fingerprint density at radius 1 is 1.18 bits per heavy atom. The monoisotopic (exact) mass is 491 g/mol. The number of hydrogen-bond acceptors (Lipinski definition) is 8. The van der Waals surface area contributed by atoms with Crippen LogP contribution in [0.15, 0.2) is 70.9 Å². The molecule has 0 saturated heterocycles. The number of carbonyl (C=O) groups excluding carboxylic acids is 1. The van der Waals surface area contributed by atoms with Gasteiger partial charge in [0, 0.05) is 5.69 Å². The first kappa shape index (κ1) is 24.6. The van der Waals surface area contributed by atoms with E-state index in [1.807, 2.05) is 42.5 Å². The Hall–Kier alpha value is -4.00. The predicted molar refractivity (Wildman–Crippen MR) is 125 cm³/mol. The maximum Gasteiger partial charge on any atom is 0.573 e. The van der Waals surface area contributed by atoms with E-state index in [1.54, 1.807) is 6.92 Å². The fraction of sp³-hybridized carbons (Fsp3) is 0.143. The molecule has 0 unspecified atom stereocenters. The molecule has 0 aliphatic carbocycles. The fourth-order valence-corrected chi connectivity index (χ4v) is 3.13. The van der Waals surface area contributed by atoms with E-state index in [0.29, 0.717) is 11.4 Å². The Bertz CT molecular complexity index is 1160. The topological polar surface area (TPSA) is 119 Å². The third-order valence-corrected chi connectivity index (χ3v) is 4.96. The number of nitrogens with zero attached hydrogens (tertiary/aromatic N) is 4. The molecule has 0 spiro atoms. The van der Waals surface area contributed by atoms with E-state index in [4.69, 9.17) is 5.84 Å². The van der Waals surface area contributed by atoms with Crippen LogP contribution in [0.5, 0.6) is 5.75 Å². The van der Waals surface area contributed by atoms with Crippen molar-refractivity contribution in [3.63, 3.8) is 0 Å². The summed E-state index contributed by atoms with van der Waals surface area (Å²) in [6, 6.07) is 14.5. The minimum absolute atomic E-state index is 0.0573. The average molecular weight is 491 g/mol. The van der Waals surface area contributed by atoms with Crippen LogP contribution in [0.25, 0.3) is 6.08 Å². The van der Waals surface area contributed by atoms with Crippen LogP contribution in [0.3, 0.4) is 0 Å². The number of halogens is 3. The highest BCUT2D eigenvalue weighted by Gasteiger charge is 2.30. The quantitative estimate of drug-likeness (QED) is 0.178. The smallest absolute Gasteiger partial charge is 0.406 e. The number of nitrogens with two attached hydrogens (primary N) is 1. The molecule has 3 aromatic rings. The van der Waals surface area contributed by atoms with E-state index in [9.17, 15) is 18.0 Å². The number of thioether (sulfide) groups is 1. The van der Waals surface area contributed by atoms with Crippen LogP contribution in [0.1, 0.15) is 12.5 Å². The van der Waals surface area contributed by atoms with Gasteiger partial charge in [-0.1, -0.05) is 48.2 Å². The van der Waals surface area contributed by atoms with Crippen LogP contribution in [-0.2, 0) is 4.79 Å². The molecule has 0 aliphatic rings. The summed E-state index contributed by atoms with van der Waals surface area (Å²) in [5.74, 6) is 5.27. The van der Waals surface area contributed by atoms with Gasteiger partial charge >= 0.3 is 6.36 Å². The van der Waals surface area contributed by atoms with Crippen LogP contribution in [0.2, 0.25) is 0 Å². The van der Waals surface area contributed by atoms with Crippen molar-refractivity contribution in [3.05, 3.63) is 66.2 Å². The van der Waals surface area contributed by atoms with Crippen molar-refractivity contribution in [2.24, 2.45) is 5.10 Å². The van der Waals surface area contributed by atoms with Gasteiger partial charge < -0.3 is 15.9 Å². The number of rotatable bonds is 9. The van der Waals surface area contributed by atoms with E-state index in [2.05, 4.69) is 30.8 Å². The van der Waals surface area contributed by atoms with E-state index >= 15 is 0 Å². The highest BCUT2D eigenvalue weighted by atomic mass is 32.2. The molecule has 0 radical (unpaired) electrons. The van der Waals surface area contributed by atoms with Crippen molar-refractivity contribution in [1.29, 1.82) is 0 Å². The first-order chi connectivity index (χ1) is 16.2. The second-order valence-corrected chi connectivity index (χ2v) is 7.64. The van der Waals surface area contributed by atoms with Crippen LogP contribution in [0, 0.1) is 0 Å². The fourth-order valence-electron chi connectivity index (χ4n) is 2.48. The van der Waals surface area contributed by atoms with Crippen LogP contribution in [0.4, 0.5) is 24.8 Å². The number of alkyl halides is 3. The van der Waals surface area contributed by atoms with Gasteiger partial charge in [-0.15, -0.1) is 23.4 Å². The number of nitrogen functional groups attached to an aromatic ring is 1. The summed E-state index contributed by atoms with van der Waals surface area (Å²) in [6.45, 7) is 1.80. The summed E-state index contributed by atoms with van der Waals surface area (Å²) in [4.78, 5) is 12.1. The van der Waals surface area contributed by atoms with Crippen molar-refractivity contribution >= 4 is 41.1 Å². The van der Waals surface area contributed by atoms with E-state index in [-0.39, 0.29) is 22.6 Å².